The van der Waals surface area contributed by atoms with E-state index in [1.54, 1.807) is 0 Å². The van der Waals surface area contributed by atoms with E-state index in [-0.39, 0.29) is 22.1 Å². The zero-order valence-electron chi connectivity index (χ0n) is 9.42. The van der Waals surface area contributed by atoms with Crippen molar-refractivity contribution in [3.05, 3.63) is 28.0 Å². The van der Waals surface area contributed by atoms with Crippen LogP contribution in [0.25, 0.3) is 0 Å². The van der Waals surface area contributed by atoms with E-state index in [1.165, 1.54) is 12.3 Å². The molecule has 1 aromatic heterocycles. The van der Waals surface area contributed by atoms with Gasteiger partial charge in [-0.3, -0.25) is 4.79 Å². The van der Waals surface area contributed by atoms with Gasteiger partial charge in [0.05, 0.1) is 10.6 Å². The molecule has 88 valence electrons. The van der Waals surface area contributed by atoms with Gasteiger partial charge < -0.3 is 5.32 Å². The van der Waals surface area contributed by atoms with E-state index in [2.05, 4.69) is 10.3 Å². The monoisotopic (exact) mass is 260 g/mol. The maximum Gasteiger partial charge on any atom is 0.253 e. The Morgan fingerprint density at radius 2 is 2.00 bits per heavy atom. The molecule has 1 amide bonds. The fourth-order valence-electron chi connectivity index (χ4n) is 1.00. The molecule has 1 aromatic rings. The highest BCUT2D eigenvalue weighted by Gasteiger charge is 2.13. The number of carbonyl (C=O) groups excluding carboxylic acids is 1. The van der Waals surface area contributed by atoms with Gasteiger partial charge in [0.1, 0.15) is 5.15 Å². The van der Waals surface area contributed by atoms with Crippen molar-refractivity contribution in [1.29, 1.82) is 0 Å². The van der Waals surface area contributed by atoms with Crippen molar-refractivity contribution >= 4 is 29.1 Å². The SMILES string of the molecule is CC(C)C(C)NC(=O)c1cnc(Cl)c(Cl)c1. The Bertz CT molecular complexity index is 394. The number of nitrogens with zero attached hydrogens (tertiary/aromatic N) is 1. The smallest absolute Gasteiger partial charge is 0.253 e. The quantitative estimate of drug-likeness (QED) is 0.849. The third-order valence-electron chi connectivity index (χ3n) is 2.42. The molecule has 0 aliphatic heterocycles. The zero-order valence-corrected chi connectivity index (χ0v) is 10.9. The number of amides is 1. The van der Waals surface area contributed by atoms with Gasteiger partial charge in [0, 0.05) is 12.2 Å². The Kier molecular flexibility index (Phi) is 4.56. The molecular formula is C11H14Cl2N2O. The number of rotatable bonds is 3. The summed E-state index contributed by atoms with van der Waals surface area (Å²) in [6.45, 7) is 6.03. The van der Waals surface area contributed by atoms with Gasteiger partial charge in [-0.1, -0.05) is 37.0 Å². The van der Waals surface area contributed by atoms with Crippen LogP contribution in [0.5, 0.6) is 0 Å². The van der Waals surface area contributed by atoms with Crippen LogP contribution < -0.4 is 5.32 Å². The first-order valence-corrected chi connectivity index (χ1v) is 5.79. The lowest BCUT2D eigenvalue weighted by molar-refractivity contribution is 0.0930. The maximum atomic E-state index is 11.8. The summed E-state index contributed by atoms with van der Waals surface area (Å²) >= 11 is 11.4. The highest BCUT2D eigenvalue weighted by Crippen LogP contribution is 2.19. The van der Waals surface area contributed by atoms with Crippen LogP contribution in [0.15, 0.2) is 12.3 Å². The molecular weight excluding hydrogens is 247 g/mol. The summed E-state index contributed by atoms with van der Waals surface area (Å²) < 4.78 is 0. The lowest BCUT2D eigenvalue weighted by Crippen LogP contribution is -2.36. The van der Waals surface area contributed by atoms with E-state index < -0.39 is 0 Å². The Morgan fingerprint density at radius 1 is 1.38 bits per heavy atom. The van der Waals surface area contributed by atoms with Crippen LogP contribution >= 0.6 is 23.2 Å². The van der Waals surface area contributed by atoms with E-state index >= 15 is 0 Å². The third kappa shape index (κ3) is 3.35. The molecule has 1 N–H and O–H groups in total. The molecule has 1 unspecified atom stereocenters. The molecule has 0 aromatic carbocycles. The summed E-state index contributed by atoms with van der Waals surface area (Å²) in [5.74, 6) is 0.187. The van der Waals surface area contributed by atoms with Crippen LogP contribution in [-0.2, 0) is 0 Å². The Morgan fingerprint density at radius 3 is 2.50 bits per heavy atom. The van der Waals surface area contributed by atoms with Crippen LogP contribution in [0.3, 0.4) is 0 Å². The first kappa shape index (κ1) is 13.3. The standard InChI is InChI=1S/C11H14Cl2N2O/c1-6(2)7(3)15-11(16)8-4-9(12)10(13)14-5-8/h4-7H,1-3H3,(H,15,16). The summed E-state index contributed by atoms with van der Waals surface area (Å²) in [6.07, 6.45) is 1.41. The van der Waals surface area contributed by atoms with Gasteiger partial charge in [-0.05, 0) is 18.9 Å². The van der Waals surface area contributed by atoms with Crippen LogP contribution in [0.1, 0.15) is 31.1 Å². The molecule has 1 atom stereocenters. The number of pyridine rings is 1. The van der Waals surface area contributed by atoms with Crippen LogP contribution in [-0.4, -0.2) is 16.9 Å². The average Bonchev–Trinajstić information content (AvgIpc) is 2.21. The summed E-state index contributed by atoms with van der Waals surface area (Å²) in [7, 11) is 0. The second-order valence-corrected chi connectivity index (χ2v) is 4.77. The lowest BCUT2D eigenvalue weighted by Gasteiger charge is -2.17. The topological polar surface area (TPSA) is 42.0 Å². The predicted octanol–water partition coefficient (Wildman–Crippen LogP) is 3.16. The fourth-order valence-corrected chi connectivity index (χ4v) is 1.27. The fraction of sp³-hybridized carbons (Fsp3) is 0.455. The largest absolute Gasteiger partial charge is 0.349 e. The van der Waals surface area contributed by atoms with Crippen LogP contribution in [0.2, 0.25) is 10.2 Å². The van der Waals surface area contributed by atoms with Crippen LogP contribution in [0, 0.1) is 5.92 Å². The zero-order chi connectivity index (χ0) is 12.3. The molecule has 0 saturated carbocycles. The molecule has 0 fully saturated rings. The normalized spacial score (nSPS) is 12.6. The first-order chi connectivity index (χ1) is 7.41. The molecule has 1 heterocycles. The van der Waals surface area contributed by atoms with Crippen molar-refractivity contribution in [3.8, 4) is 0 Å². The second kappa shape index (κ2) is 5.51. The summed E-state index contributed by atoms with van der Waals surface area (Å²) in [5.41, 5.74) is 0.418. The molecule has 0 spiro atoms. The molecule has 0 saturated heterocycles. The van der Waals surface area contributed by atoms with Gasteiger partial charge in [0.25, 0.3) is 5.91 Å². The number of carbonyl (C=O) groups is 1. The number of hydrogen-bond acceptors (Lipinski definition) is 2. The predicted molar refractivity (Wildman–Crippen MR) is 66.0 cm³/mol. The van der Waals surface area contributed by atoms with E-state index in [1.807, 2.05) is 20.8 Å². The minimum absolute atomic E-state index is 0.0990. The lowest BCUT2D eigenvalue weighted by atomic mass is 10.1. The van der Waals surface area contributed by atoms with E-state index in [4.69, 9.17) is 23.2 Å². The average molecular weight is 261 g/mol. The highest BCUT2D eigenvalue weighted by atomic mass is 35.5. The minimum Gasteiger partial charge on any atom is -0.349 e. The Labute approximate surface area is 105 Å². The minimum atomic E-state index is -0.188. The van der Waals surface area contributed by atoms with Crippen molar-refractivity contribution in [3.63, 3.8) is 0 Å². The third-order valence-corrected chi connectivity index (χ3v) is 3.10. The van der Waals surface area contributed by atoms with Gasteiger partial charge in [-0.25, -0.2) is 4.98 Å². The molecule has 3 nitrogen and oxygen atoms in total. The molecule has 0 aliphatic carbocycles. The first-order valence-electron chi connectivity index (χ1n) is 5.03. The van der Waals surface area contributed by atoms with Gasteiger partial charge in [0.15, 0.2) is 0 Å². The number of aromatic nitrogens is 1. The van der Waals surface area contributed by atoms with Gasteiger partial charge >= 0.3 is 0 Å². The molecule has 5 heteroatoms. The van der Waals surface area contributed by atoms with Gasteiger partial charge in [-0.15, -0.1) is 0 Å². The number of hydrogen-bond donors (Lipinski definition) is 1. The van der Waals surface area contributed by atoms with Crippen molar-refractivity contribution in [2.24, 2.45) is 5.92 Å². The van der Waals surface area contributed by atoms with Crippen molar-refractivity contribution in [2.75, 3.05) is 0 Å². The molecule has 16 heavy (non-hydrogen) atoms. The van der Waals surface area contributed by atoms with Crippen molar-refractivity contribution in [2.45, 2.75) is 26.8 Å². The molecule has 0 aliphatic rings. The second-order valence-electron chi connectivity index (χ2n) is 4.00. The van der Waals surface area contributed by atoms with E-state index in [9.17, 15) is 4.79 Å². The van der Waals surface area contributed by atoms with Crippen LogP contribution in [0.4, 0.5) is 0 Å². The molecule has 0 radical (unpaired) electrons. The number of halogens is 2. The van der Waals surface area contributed by atoms with E-state index in [0.29, 0.717) is 11.5 Å². The summed E-state index contributed by atoms with van der Waals surface area (Å²) in [6, 6.07) is 1.61. The van der Waals surface area contributed by atoms with Crippen molar-refractivity contribution in [1.82, 2.24) is 10.3 Å². The van der Waals surface area contributed by atoms with Gasteiger partial charge in [-0.2, -0.15) is 0 Å². The molecule has 1 rings (SSSR count). The Hall–Kier alpha value is -0.800. The maximum absolute atomic E-state index is 11.8. The summed E-state index contributed by atoms with van der Waals surface area (Å²) in [5, 5.41) is 3.35. The van der Waals surface area contributed by atoms with Crippen molar-refractivity contribution < 1.29 is 4.79 Å². The van der Waals surface area contributed by atoms with E-state index in [0.717, 1.165) is 0 Å². The summed E-state index contributed by atoms with van der Waals surface area (Å²) in [4.78, 5) is 15.6. The Balaban J connectivity index is 2.77. The highest BCUT2D eigenvalue weighted by molar-refractivity contribution is 6.41. The molecule has 0 bridgehead atoms. The number of nitrogens with one attached hydrogen (secondary N) is 1. The van der Waals surface area contributed by atoms with Gasteiger partial charge in [0.2, 0.25) is 0 Å².